The van der Waals surface area contributed by atoms with Crippen LogP contribution in [0.4, 0.5) is 0 Å². The van der Waals surface area contributed by atoms with Gasteiger partial charge in [-0.15, -0.1) is 0 Å². The van der Waals surface area contributed by atoms with Crippen LogP contribution in [-0.2, 0) is 4.79 Å². The molecule has 1 atom stereocenters. The zero-order valence-corrected chi connectivity index (χ0v) is 16.5. The van der Waals surface area contributed by atoms with Gasteiger partial charge in [0.05, 0.1) is 4.91 Å². The highest BCUT2D eigenvalue weighted by molar-refractivity contribution is 9.10. The molecule has 1 fully saturated rings. The number of thiocarbonyl (C=S) groups is 1. The molecule has 3 rings (SSSR count). The third kappa shape index (κ3) is 3.50. The van der Waals surface area contributed by atoms with Gasteiger partial charge in [-0.05, 0) is 37.6 Å². The first kappa shape index (κ1) is 17.5. The average molecular weight is 422 g/mol. The van der Waals surface area contributed by atoms with E-state index in [2.05, 4.69) is 15.9 Å². The van der Waals surface area contributed by atoms with Crippen LogP contribution in [0.25, 0.3) is 17.4 Å². The maximum atomic E-state index is 12.5. The quantitative estimate of drug-likeness (QED) is 0.467. The lowest BCUT2D eigenvalue weighted by molar-refractivity contribution is -0.123. The second kappa shape index (κ2) is 7.25. The van der Waals surface area contributed by atoms with Crippen LogP contribution in [0.1, 0.15) is 26.0 Å². The van der Waals surface area contributed by atoms with Crippen LogP contribution in [0.15, 0.2) is 50.2 Å². The fourth-order valence-corrected chi connectivity index (χ4v) is 4.24. The molecule has 1 aliphatic heterocycles. The van der Waals surface area contributed by atoms with Gasteiger partial charge in [-0.1, -0.05) is 59.0 Å². The normalized spacial score (nSPS) is 17.8. The maximum Gasteiger partial charge on any atom is 0.266 e. The first-order valence-electron chi connectivity index (χ1n) is 7.62. The third-order valence-corrected chi connectivity index (χ3v) is 5.69. The van der Waals surface area contributed by atoms with Crippen LogP contribution >= 0.6 is 39.9 Å². The van der Waals surface area contributed by atoms with E-state index in [-0.39, 0.29) is 11.9 Å². The number of carbonyl (C=O) groups is 1. The van der Waals surface area contributed by atoms with Crippen molar-refractivity contribution < 1.29 is 9.21 Å². The van der Waals surface area contributed by atoms with Crippen LogP contribution < -0.4 is 0 Å². The predicted molar refractivity (Wildman–Crippen MR) is 107 cm³/mol. The van der Waals surface area contributed by atoms with E-state index < -0.39 is 0 Å². The van der Waals surface area contributed by atoms with Gasteiger partial charge >= 0.3 is 0 Å². The number of benzene rings is 1. The van der Waals surface area contributed by atoms with Gasteiger partial charge in [0, 0.05) is 22.2 Å². The smallest absolute Gasteiger partial charge is 0.266 e. The van der Waals surface area contributed by atoms with Gasteiger partial charge in [0.15, 0.2) is 0 Å². The van der Waals surface area contributed by atoms with Gasteiger partial charge in [-0.3, -0.25) is 9.69 Å². The standard InChI is InChI=1S/C18H16BrNO2S2/c1-3-11(2)20-17(21)16(24-18(20)23)10-14-7-8-15(22-14)12-5-4-6-13(19)9-12/h4-11H,3H2,1-2H3/b16-10-. The molecule has 0 aliphatic carbocycles. The summed E-state index contributed by atoms with van der Waals surface area (Å²) in [4.78, 5) is 14.8. The molecule has 0 radical (unpaired) electrons. The van der Waals surface area contributed by atoms with Crippen molar-refractivity contribution in [3.05, 3.63) is 51.5 Å². The topological polar surface area (TPSA) is 33.5 Å². The summed E-state index contributed by atoms with van der Waals surface area (Å²) in [7, 11) is 0. The highest BCUT2D eigenvalue weighted by atomic mass is 79.9. The molecule has 1 amide bonds. The minimum Gasteiger partial charge on any atom is -0.457 e. The summed E-state index contributed by atoms with van der Waals surface area (Å²) in [6.45, 7) is 4.05. The van der Waals surface area contributed by atoms with Crippen LogP contribution in [0.5, 0.6) is 0 Å². The minimum atomic E-state index is -0.0419. The Morgan fingerprint density at radius 2 is 2.17 bits per heavy atom. The lowest BCUT2D eigenvalue weighted by Gasteiger charge is -2.21. The second-order valence-electron chi connectivity index (χ2n) is 5.52. The number of hydrogen-bond acceptors (Lipinski definition) is 4. The summed E-state index contributed by atoms with van der Waals surface area (Å²) < 4.78 is 7.47. The number of rotatable bonds is 4. The fourth-order valence-electron chi connectivity index (χ4n) is 2.40. The van der Waals surface area contributed by atoms with Crippen LogP contribution in [-0.4, -0.2) is 21.2 Å². The number of amides is 1. The van der Waals surface area contributed by atoms with E-state index in [4.69, 9.17) is 16.6 Å². The van der Waals surface area contributed by atoms with Crippen molar-refractivity contribution in [3.63, 3.8) is 0 Å². The lowest BCUT2D eigenvalue weighted by Crippen LogP contribution is -2.36. The van der Waals surface area contributed by atoms with Crippen molar-refractivity contribution in [2.24, 2.45) is 0 Å². The fraction of sp³-hybridized carbons (Fsp3) is 0.222. The van der Waals surface area contributed by atoms with E-state index in [0.29, 0.717) is 15.0 Å². The van der Waals surface area contributed by atoms with Crippen molar-refractivity contribution in [1.82, 2.24) is 4.90 Å². The van der Waals surface area contributed by atoms with Crippen molar-refractivity contribution in [1.29, 1.82) is 0 Å². The third-order valence-electron chi connectivity index (χ3n) is 3.86. The summed E-state index contributed by atoms with van der Waals surface area (Å²) in [5, 5.41) is 0. The first-order valence-corrected chi connectivity index (χ1v) is 9.64. The molecule has 1 aliphatic rings. The molecule has 0 bridgehead atoms. The number of hydrogen-bond donors (Lipinski definition) is 0. The molecule has 24 heavy (non-hydrogen) atoms. The molecule has 2 heterocycles. The van der Waals surface area contributed by atoms with Gasteiger partial charge in [-0.2, -0.15) is 0 Å². The zero-order chi connectivity index (χ0) is 17.3. The Morgan fingerprint density at radius 1 is 1.38 bits per heavy atom. The Hall–Kier alpha value is -1.37. The molecule has 0 saturated carbocycles. The van der Waals surface area contributed by atoms with Gasteiger partial charge in [-0.25, -0.2) is 0 Å². The van der Waals surface area contributed by atoms with Gasteiger partial charge in [0.25, 0.3) is 5.91 Å². The van der Waals surface area contributed by atoms with E-state index in [1.165, 1.54) is 11.8 Å². The van der Waals surface area contributed by atoms with E-state index >= 15 is 0 Å². The predicted octanol–water partition coefficient (Wildman–Crippen LogP) is 5.71. The summed E-state index contributed by atoms with van der Waals surface area (Å²) in [6.07, 6.45) is 2.64. The summed E-state index contributed by atoms with van der Waals surface area (Å²) in [6, 6.07) is 11.8. The monoisotopic (exact) mass is 421 g/mol. The number of nitrogens with zero attached hydrogens (tertiary/aromatic N) is 1. The number of furan rings is 1. The Labute approximate surface area is 159 Å². The van der Waals surface area contributed by atoms with Crippen molar-refractivity contribution >= 4 is 56.2 Å². The van der Waals surface area contributed by atoms with E-state index in [1.54, 1.807) is 11.0 Å². The van der Waals surface area contributed by atoms with Crippen LogP contribution in [0, 0.1) is 0 Å². The lowest BCUT2D eigenvalue weighted by atomic mass is 10.2. The molecular formula is C18H16BrNO2S2. The Balaban J connectivity index is 1.85. The average Bonchev–Trinajstić information content (AvgIpc) is 3.12. The first-order chi connectivity index (χ1) is 11.5. The highest BCUT2D eigenvalue weighted by Gasteiger charge is 2.34. The van der Waals surface area contributed by atoms with Gasteiger partial charge in [0.2, 0.25) is 0 Å². The zero-order valence-electron chi connectivity index (χ0n) is 13.3. The Kier molecular flexibility index (Phi) is 5.27. The van der Waals surface area contributed by atoms with E-state index in [1.807, 2.05) is 50.2 Å². The molecule has 1 aromatic heterocycles. The molecule has 124 valence electrons. The largest absolute Gasteiger partial charge is 0.457 e. The van der Waals surface area contributed by atoms with Gasteiger partial charge in [0.1, 0.15) is 15.8 Å². The SMILES string of the molecule is CCC(C)N1C(=O)/C(=C/c2ccc(-c3cccc(Br)c3)o2)SC1=S. The van der Waals surface area contributed by atoms with Crippen molar-refractivity contribution in [3.8, 4) is 11.3 Å². The number of halogens is 1. The molecule has 0 N–H and O–H groups in total. The Morgan fingerprint density at radius 3 is 2.88 bits per heavy atom. The highest BCUT2D eigenvalue weighted by Crippen LogP contribution is 2.35. The molecule has 1 saturated heterocycles. The molecule has 6 heteroatoms. The molecule has 2 aromatic rings. The van der Waals surface area contributed by atoms with Gasteiger partial charge < -0.3 is 4.42 Å². The van der Waals surface area contributed by atoms with Crippen molar-refractivity contribution in [2.45, 2.75) is 26.3 Å². The second-order valence-corrected chi connectivity index (χ2v) is 8.11. The number of thioether (sulfide) groups is 1. The Bertz CT molecular complexity index is 828. The van der Waals surface area contributed by atoms with E-state index in [9.17, 15) is 4.79 Å². The van der Waals surface area contributed by atoms with Crippen LogP contribution in [0.3, 0.4) is 0 Å². The molecular weight excluding hydrogens is 406 g/mol. The molecule has 3 nitrogen and oxygen atoms in total. The molecule has 1 unspecified atom stereocenters. The molecule has 0 spiro atoms. The molecule has 1 aromatic carbocycles. The number of carbonyl (C=O) groups excluding carboxylic acids is 1. The van der Waals surface area contributed by atoms with Crippen LogP contribution in [0.2, 0.25) is 0 Å². The minimum absolute atomic E-state index is 0.0419. The van der Waals surface area contributed by atoms with E-state index in [0.717, 1.165) is 22.2 Å². The summed E-state index contributed by atoms with van der Waals surface area (Å²) in [5.41, 5.74) is 0.983. The summed E-state index contributed by atoms with van der Waals surface area (Å²) in [5.74, 6) is 1.37. The maximum absolute atomic E-state index is 12.5. The van der Waals surface area contributed by atoms with Crippen molar-refractivity contribution in [2.75, 3.05) is 0 Å². The summed E-state index contributed by atoms with van der Waals surface area (Å²) >= 11 is 10.1.